The molecule has 20 heavy (non-hydrogen) atoms. The number of ether oxygens (including phenoxy) is 2. The Labute approximate surface area is 118 Å². The van der Waals surface area contributed by atoms with E-state index in [1.165, 1.54) is 13.2 Å². The molecule has 0 fully saturated rings. The van der Waals surface area contributed by atoms with Crippen LogP contribution in [0.3, 0.4) is 0 Å². The van der Waals surface area contributed by atoms with Crippen molar-refractivity contribution in [1.29, 1.82) is 0 Å². The van der Waals surface area contributed by atoms with Crippen molar-refractivity contribution >= 4 is 21.5 Å². The Morgan fingerprint density at radius 1 is 1.35 bits per heavy atom. The Bertz CT molecular complexity index is 568. The standard InChI is InChI=1S/C13H19NO5S/c1-3-20(16,17)8-4-7-19-13(15)11-9-10(18-2)5-6-12(11)14/h5-6,9H,3-4,7-8,14H2,1-2H3. The molecule has 0 heterocycles. The smallest absolute Gasteiger partial charge is 0.340 e. The van der Waals surface area contributed by atoms with Gasteiger partial charge in [0.15, 0.2) is 0 Å². The third kappa shape index (κ3) is 4.73. The van der Waals surface area contributed by atoms with E-state index < -0.39 is 15.8 Å². The number of sulfone groups is 1. The number of rotatable bonds is 7. The van der Waals surface area contributed by atoms with Crippen LogP contribution in [0.15, 0.2) is 18.2 Å². The predicted molar refractivity (Wildman–Crippen MR) is 76.6 cm³/mol. The summed E-state index contributed by atoms with van der Waals surface area (Å²) in [4.78, 5) is 11.8. The van der Waals surface area contributed by atoms with Crippen LogP contribution in [-0.2, 0) is 14.6 Å². The van der Waals surface area contributed by atoms with Gasteiger partial charge in [0.05, 0.1) is 25.0 Å². The number of nitrogens with two attached hydrogens (primary N) is 1. The number of anilines is 1. The van der Waals surface area contributed by atoms with Gasteiger partial charge in [-0.15, -0.1) is 0 Å². The largest absolute Gasteiger partial charge is 0.497 e. The summed E-state index contributed by atoms with van der Waals surface area (Å²) in [6, 6.07) is 4.68. The maximum atomic E-state index is 11.8. The van der Waals surface area contributed by atoms with Gasteiger partial charge < -0.3 is 15.2 Å². The molecule has 0 aromatic heterocycles. The predicted octanol–water partition coefficient (Wildman–Crippen LogP) is 1.26. The second kappa shape index (κ2) is 7.14. The van der Waals surface area contributed by atoms with Crippen molar-refractivity contribution in [2.24, 2.45) is 0 Å². The van der Waals surface area contributed by atoms with Crippen LogP contribution in [0.4, 0.5) is 5.69 Å². The van der Waals surface area contributed by atoms with Crippen LogP contribution in [0.2, 0.25) is 0 Å². The van der Waals surface area contributed by atoms with Crippen LogP contribution in [0.1, 0.15) is 23.7 Å². The minimum absolute atomic E-state index is 0.00434. The van der Waals surface area contributed by atoms with Gasteiger partial charge in [0, 0.05) is 11.4 Å². The molecule has 0 aliphatic carbocycles. The lowest BCUT2D eigenvalue weighted by Crippen LogP contribution is -2.14. The third-order valence-corrected chi connectivity index (χ3v) is 4.54. The first-order valence-electron chi connectivity index (χ1n) is 6.20. The molecular formula is C13H19NO5S. The molecule has 7 heteroatoms. The number of nitrogen functional groups attached to an aromatic ring is 1. The van der Waals surface area contributed by atoms with E-state index in [0.29, 0.717) is 5.75 Å². The van der Waals surface area contributed by atoms with Crippen molar-refractivity contribution in [2.75, 3.05) is 31.0 Å². The number of benzene rings is 1. The molecule has 1 aromatic carbocycles. The fourth-order valence-electron chi connectivity index (χ4n) is 1.50. The number of hydrogen-bond acceptors (Lipinski definition) is 6. The number of carbonyl (C=O) groups excluding carboxylic acids is 1. The normalized spacial score (nSPS) is 11.1. The van der Waals surface area contributed by atoms with Crippen LogP contribution in [0.5, 0.6) is 5.75 Å². The second-order valence-corrected chi connectivity index (χ2v) is 6.65. The quantitative estimate of drug-likeness (QED) is 0.463. The van der Waals surface area contributed by atoms with Gasteiger partial charge in [-0.3, -0.25) is 0 Å². The molecule has 1 aromatic rings. The Kier molecular flexibility index (Phi) is 5.82. The van der Waals surface area contributed by atoms with E-state index in [-0.39, 0.29) is 35.8 Å². The topological polar surface area (TPSA) is 95.7 Å². The van der Waals surface area contributed by atoms with E-state index in [4.69, 9.17) is 15.2 Å². The molecule has 0 saturated carbocycles. The van der Waals surface area contributed by atoms with Crippen molar-refractivity contribution in [1.82, 2.24) is 0 Å². The second-order valence-electron chi connectivity index (χ2n) is 4.18. The summed E-state index contributed by atoms with van der Waals surface area (Å²) in [5, 5.41) is 0. The van der Waals surface area contributed by atoms with E-state index in [2.05, 4.69) is 0 Å². The molecular weight excluding hydrogens is 282 g/mol. The molecule has 0 aliphatic rings. The number of methoxy groups -OCH3 is 1. The summed E-state index contributed by atoms with van der Waals surface area (Å²) in [7, 11) is -1.55. The monoisotopic (exact) mass is 301 g/mol. The van der Waals surface area contributed by atoms with Crippen molar-refractivity contribution in [2.45, 2.75) is 13.3 Å². The first kappa shape index (κ1) is 16.3. The fraction of sp³-hybridized carbons (Fsp3) is 0.462. The first-order valence-corrected chi connectivity index (χ1v) is 8.03. The average molecular weight is 301 g/mol. The lowest BCUT2D eigenvalue weighted by atomic mass is 10.2. The Hall–Kier alpha value is -1.76. The minimum atomic E-state index is -3.04. The summed E-state index contributed by atoms with van der Waals surface area (Å²) >= 11 is 0. The van der Waals surface area contributed by atoms with Crippen LogP contribution < -0.4 is 10.5 Å². The number of carbonyl (C=O) groups is 1. The van der Waals surface area contributed by atoms with Gasteiger partial charge in [-0.25, -0.2) is 13.2 Å². The highest BCUT2D eigenvalue weighted by Crippen LogP contribution is 2.20. The molecule has 0 amide bonds. The van der Waals surface area contributed by atoms with Crippen LogP contribution >= 0.6 is 0 Å². The average Bonchev–Trinajstić information content (AvgIpc) is 2.44. The SMILES string of the molecule is CCS(=O)(=O)CCCOC(=O)c1cc(OC)ccc1N. The molecule has 0 atom stereocenters. The molecule has 2 N–H and O–H groups in total. The number of esters is 1. The maximum absolute atomic E-state index is 11.8. The lowest BCUT2D eigenvalue weighted by Gasteiger charge is -2.08. The zero-order valence-electron chi connectivity index (χ0n) is 11.6. The molecule has 0 aliphatic heterocycles. The number of hydrogen-bond donors (Lipinski definition) is 1. The Morgan fingerprint density at radius 2 is 2.05 bits per heavy atom. The molecule has 112 valence electrons. The molecule has 6 nitrogen and oxygen atoms in total. The summed E-state index contributed by atoms with van der Waals surface area (Å²) in [6.07, 6.45) is 0.270. The highest BCUT2D eigenvalue weighted by molar-refractivity contribution is 7.91. The van der Waals surface area contributed by atoms with Crippen molar-refractivity contribution in [3.05, 3.63) is 23.8 Å². The summed E-state index contributed by atoms with van der Waals surface area (Å²) in [5.41, 5.74) is 6.19. The van der Waals surface area contributed by atoms with Gasteiger partial charge in [0.1, 0.15) is 15.6 Å². The van der Waals surface area contributed by atoms with E-state index in [1.807, 2.05) is 0 Å². The highest BCUT2D eigenvalue weighted by Gasteiger charge is 2.13. The van der Waals surface area contributed by atoms with Gasteiger partial charge >= 0.3 is 5.97 Å². The van der Waals surface area contributed by atoms with Gasteiger partial charge in [-0.2, -0.15) is 0 Å². The van der Waals surface area contributed by atoms with Crippen molar-refractivity contribution in [3.8, 4) is 5.75 Å². The lowest BCUT2D eigenvalue weighted by molar-refractivity contribution is 0.0506. The van der Waals surface area contributed by atoms with E-state index in [1.54, 1.807) is 19.1 Å². The minimum Gasteiger partial charge on any atom is -0.497 e. The fourth-order valence-corrected chi connectivity index (χ4v) is 2.35. The molecule has 0 radical (unpaired) electrons. The Morgan fingerprint density at radius 3 is 2.65 bits per heavy atom. The van der Waals surface area contributed by atoms with Gasteiger partial charge in [-0.1, -0.05) is 6.92 Å². The van der Waals surface area contributed by atoms with E-state index in [0.717, 1.165) is 0 Å². The third-order valence-electron chi connectivity index (χ3n) is 2.75. The van der Waals surface area contributed by atoms with Crippen LogP contribution in [-0.4, -0.2) is 39.6 Å². The summed E-state index contributed by atoms with van der Waals surface area (Å²) in [6.45, 7) is 1.62. The van der Waals surface area contributed by atoms with Gasteiger partial charge in [0.2, 0.25) is 0 Å². The van der Waals surface area contributed by atoms with Crippen LogP contribution in [0, 0.1) is 0 Å². The Balaban J connectivity index is 2.55. The molecule has 0 spiro atoms. The highest BCUT2D eigenvalue weighted by atomic mass is 32.2. The van der Waals surface area contributed by atoms with E-state index in [9.17, 15) is 13.2 Å². The zero-order valence-corrected chi connectivity index (χ0v) is 12.4. The van der Waals surface area contributed by atoms with Gasteiger partial charge in [0.25, 0.3) is 0 Å². The van der Waals surface area contributed by atoms with Crippen LogP contribution in [0.25, 0.3) is 0 Å². The molecule has 1 rings (SSSR count). The van der Waals surface area contributed by atoms with Crippen molar-refractivity contribution < 1.29 is 22.7 Å². The molecule has 0 saturated heterocycles. The zero-order chi connectivity index (χ0) is 15.2. The first-order chi connectivity index (χ1) is 9.39. The van der Waals surface area contributed by atoms with Crippen molar-refractivity contribution in [3.63, 3.8) is 0 Å². The summed E-state index contributed by atoms with van der Waals surface area (Å²) in [5.74, 6) is 0.00346. The molecule has 0 bridgehead atoms. The summed E-state index contributed by atoms with van der Waals surface area (Å²) < 4.78 is 32.6. The maximum Gasteiger partial charge on any atom is 0.340 e. The van der Waals surface area contributed by atoms with E-state index >= 15 is 0 Å². The van der Waals surface area contributed by atoms with Gasteiger partial charge in [-0.05, 0) is 24.6 Å². The molecule has 0 unspecified atom stereocenters.